The number of allylic oxidation sites excluding steroid dienone is 2. The molecular weight excluding hydrogens is 351 g/mol. The van der Waals surface area contributed by atoms with Crippen LogP contribution < -0.4 is 4.80 Å². The molecule has 3 unspecified atom stereocenters. The number of ether oxygens (including phenoxy) is 1. The average molecular weight is 372 g/mol. The number of benzene rings is 1. The molecule has 4 bridgehead atoms. The predicted octanol–water partition coefficient (Wildman–Crippen LogP) is 3.52. The van der Waals surface area contributed by atoms with Gasteiger partial charge in [-0.15, -0.1) is 0 Å². The topological polar surface area (TPSA) is 43.6 Å². The summed E-state index contributed by atoms with van der Waals surface area (Å²) in [6.07, 6.45) is 5.73. The molecule has 136 valence electrons. The Hall–Kier alpha value is -1.79. The summed E-state index contributed by atoms with van der Waals surface area (Å²) in [4.78, 5) is 18.2. The Morgan fingerprint density at radius 1 is 1.42 bits per heavy atom. The molecule has 26 heavy (non-hydrogen) atoms. The molecule has 0 radical (unpaired) electrons. The Morgan fingerprint density at radius 3 is 3.12 bits per heavy atom. The molecule has 6 rings (SSSR count). The number of thiazole rings is 1. The number of rotatable bonds is 4. The first-order valence-corrected chi connectivity index (χ1v) is 10.0. The standard InChI is InChI=1S/C20H21FN2O2S/c1-25-5-4-23-16-3-2-14(21)10-17(16)26-20(23)22-19(24)18-13-7-11-6-12(9-13)15(18)8-11/h2-3,6,10-11,13,15,18H,4-5,7-9H2,1H3/t11?,13?,15?,18-/m1/s1. The second-order valence-electron chi connectivity index (χ2n) is 7.66. The zero-order chi connectivity index (χ0) is 17.8. The van der Waals surface area contributed by atoms with E-state index in [0.717, 1.165) is 29.5 Å². The van der Waals surface area contributed by atoms with Crippen LogP contribution >= 0.6 is 11.3 Å². The van der Waals surface area contributed by atoms with Gasteiger partial charge in [0.05, 0.1) is 22.7 Å². The minimum atomic E-state index is -0.271. The van der Waals surface area contributed by atoms with Gasteiger partial charge in [0.1, 0.15) is 5.82 Å². The van der Waals surface area contributed by atoms with Gasteiger partial charge in [-0.2, -0.15) is 4.99 Å². The van der Waals surface area contributed by atoms with E-state index in [0.29, 0.717) is 35.7 Å². The number of methoxy groups -OCH3 is 1. The van der Waals surface area contributed by atoms with Crippen molar-refractivity contribution >= 4 is 27.5 Å². The van der Waals surface area contributed by atoms with Gasteiger partial charge < -0.3 is 9.30 Å². The molecule has 1 aromatic heterocycles. The summed E-state index contributed by atoms with van der Waals surface area (Å²) >= 11 is 1.38. The van der Waals surface area contributed by atoms with Gasteiger partial charge >= 0.3 is 0 Å². The first-order valence-electron chi connectivity index (χ1n) is 9.21. The number of aromatic nitrogens is 1. The van der Waals surface area contributed by atoms with Crippen molar-refractivity contribution in [2.24, 2.45) is 28.7 Å². The van der Waals surface area contributed by atoms with Gasteiger partial charge in [0.15, 0.2) is 4.80 Å². The van der Waals surface area contributed by atoms with Crippen molar-refractivity contribution in [2.75, 3.05) is 13.7 Å². The van der Waals surface area contributed by atoms with Crippen LogP contribution in [0.3, 0.4) is 0 Å². The van der Waals surface area contributed by atoms with Crippen molar-refractivity contribution in [2.45, 2.75) is 25.8 Å². The number of nitrogens with zero attached hydrogens (tertiary/aromatic N) is 2. The lowest BCUT2D eigenvalue weighted by molar-refractivity contribution is -0.125. The van der Waals surface area contributed by atoms with Crippen LogP contribution in [0.1, 0.15) is 19.3 Å². The largest absolute Gasteiger partial charge is 0.383 e. The smallest absolute Gasteiger partial charge is 0.252 e. The second-order valence-corrected chi connectivity index (χ2v) is 8.67. The fraction of sp³-hybridized carbons (Fsp3) is 0.500. The highest BCUT2D eigenvalue weighted by molar-refractivity contribution is 7.16. The summed E-state index contributed by atoms with van der Waals surface area (Å²) in [6.45, 7) is 1.12. The lowest BCUT2D eigenvalue weighted by Crippen LogP contribution is -2.31. The molecule has 2 fully saturated rings. The van der Waals surface area contributed by atoms with Crippen LogP contribution in [0.4, 0.5) is 4.39 Å². The van der Waals surface area contributed by atoms with E-state index < -0.39 is 0 Å². The highest BCUT2D eigenvalue weighted by Gasteiger charge is 2.51. The van der Waals surface area contributed by atoms with E-state index in [1.54, 1.807) is 13.2 Å². The maximum Gasteiger partial charge on any atom is 0.252 e. The highest BCUT2D eigenvalue weighted by atomic mass is 32.1. The molecule has 1 aromatic carbocycles. The molecule has 0 N–H and O–H groups in total. The Labute approximate surface area is 155 Å². The van der Waals surface area contributed by atoms with E-state index in [9.17, 15) is 9.18 Å². The Kier molecular flexibility index (Phi) is 3.87. The van der Waals surface area contributed by atoms with Crippen LogP contribution in [-0.2, 0) is 16.1 Å². The summed E-state index contributed by atoms with van der Waals surface area (Å²) in [5, 5.41) is 0. The van der Waals surface area contributed by atoms with Gasteiger partial charge in [0, 0.05) is 13.7 Å². The molecule has 6 heteroatoms. The minimum Gasteiger partial charge on any atom is -0.383 e. The molecule has 1 heterocycles. The Balaban J connectivity index is 1.55. The summed E-state index contributed by atoms with van der Waals surface area (Å²) in [5.74, 6) is 1.34. The number of carbonyl (C=O) groups is 1. The van der Waals surface area contributed by atoms with E-state index in [1.165, 1.54) is 29.0 Å². The van der Waals surface area contributed by atoms with Crippen molar-refractivity contribution in [1.82, 2.24) is 4.57 Å². The normalized spacial score (nSPS) is 29.8. The molecular formula is C20H21FN2O2S. The Bertz CT molecular complexity index is 989. The third-order valence-electron chi connectivity index (χ3n) is 6.18. The average Bonchev–Trinajstić information content (AvgIpc) is 3.17. The van der Waals surface area contributed by atoms with Gasteiger partial charge in [-0.3, -0.25) is 4.79 Å². The number of hydrogen-bond acceptors (Lipinski definition) is 3. The van der Waals surface area contributed by atoms with E-state index in [4.69, 9.17) is 4.74 Å². The van der Waals surface area contributed by atoms with E-state index in [1.807, 2.05) is 4.57 Å². The predicted molar refractivity (Wildman–Crippen MR) is 98.1 cm³/mol. The molecule has 4 aliphatic rings. The van der Waals surface area contributed by atoms with Crippen molar-refractivity contribution in [1.29, 1.82) is 0 Å². The molecule has 1 amide bonds. The molecule has 2 aromatic rings. The number of amides is 1. The lowest BCUT2D eigenvalue weighted by Gasteiger charge is -2.29. The monoisotopic (exact) mass is 372 g/mol. The summed E-state index contributed by atoms with van der Waals surface area (Å²) in [5.41, 5.74) is 2.39. The SMILES string of the molecule is COCCn1c(=NC(=O)[C@@H]2C3CC4=CC(C3)CC42)sc2cc(F)ccc21. The summed E-state index contributed by atoms with van der Waals surface area (Å²) in [6, 6.07) is 4.71. The summed E-state index contributed by atoms with van der Waals surface area (Å²) < 4.78 is 21.6. The third kappa shape index (κ3) is 2.50. The maximum atomic E-state index is 13.6. The van der Waals surface area contributed by atoms with Crippen LogP contribution in [0.15, 0.2) is 34.8 Å². The molecule has 4 atom stereocenters. The molecule has 2 saturated carbocycles. The number of halogens is 1. The fourth-order valence-electron chi connectivity index (χ4n) is 5.18. The van der Waals surface area contributed by atoms with E-state index in [2.05, 4.69) is 11.1 Å². The van der Waals surface area contributed by atoms with Gasteiger partial charge in [-0.05, 0) is 55.2 Å². The van der Waals surface area contributed by atoms with Crippen LogP contribution in [0.25, 0.3) is 10.2 Å². The molecule has 4 nitrogen and oxygen atoms in total. The minimum absolute atomic E-state index is 0.00180. The molecule has 0 aliphatic heterocycles. The third-order valence-corrected chi connectivity index (χ3v) is 7.22. The van der Waals surface area contributed by atoms with Gasteiger partial charge in [-0.25, -0.2) is 4.39 Å². The van der Waals surface area contributed by atoms with Crippen LogP contribution in [0.2, 0.25) is 0 Å². The lowest BCUT2D eigenvalue weighted by atomic mass is 9.75. The number of carbonyl (C=O) groups excluding carboxylic acids is 1. The zero-order valence-electron chi connectivity index (χ0n) is 14.7. The van der Waals surface area contributed by atoms with E-state index >= 15 is 0 Å². The van der Waals surface area contributed by atoms with Gasteiger partial charge in [0.25, 0.3) is 5.91 Å². The van der Waals surface area contributed by atoms with Crippen LogP contribution in [-0.4, -0.2) is 24.2 Å². The highest BCUT2D eigenvalue weighted by Crippen LogP contribution is 2.57. The number of fused-ring (bicyclic) bond motifs is 1. The van der Waals surface area contributed by atoms with Gasteiger partial charge in [0.2, 0.25) is 0 Å². The molecule has 0 saturated heterocycles. The van der Waals surface area contributed by atoms with Gasteiger partial charge in [-0.1, -0.05) is 23.0 Å². The Morgan fingerprint density at radius 2 is 2.31 bits per heavy atom. The molecule has 0 spiro atoms. The summed E-state index contributed by atoms with van der Waals surface area (Å²) in [7, 11) is 1.65. The second kappa shape index (κ2) is 6.13. The van der Waals surface area contributed by atoms with Crippen molar-refractivity contribution in [3.05, 3.63) is 40.5 Å². The van der Waals surface area contributed by atoms with Crippen molar-refractivity contribution in [3.8, 4) is 0 Å². The van der Waals surface area contributed by atoms with E-state index in [-0.39, 0.29) is 17.6 Å². The zero-order valence-corrected chi connectivity index (χ0v) is 15.5. The molecule has 4 aliphatic carbocycles. The quantitative estimate of drug-likeness (QED) is 0.771. The van der Waals surface area contributed by atoms with Crippen LogP contribution in [0, 0.1) is 29.5 Å². The van der Waals surface area contributed by atoms with Crippen molar-refractivity contribution in [3.63, 3.8) is 0 Å². The van der Waals surface area contributed by atoms with Crippen molar-refractivity contribution < 1.29 is 13.9 Å². The first kappa shape index (κ1) is 16.4. The fourth-order valence-corrected chi connectivity index (χ4v) is 6.27. The maximum absolute atomic E-state index is 13.6. The number of hydrogen-bond donors (Lipinski definition) is 0. The van der Waals surface area contributed by atoms with Crippen LogP contribution in [0.5, 0.6) is 0 Å². The first-order chi connectivity index (χ1) is 12.6.